The molecule has 2 N–H and O–H groups in total. The first-order valence-corrected chi connectivity index (χ1v) is 8.95. The van der Waals surface area contributed by atoms with Gasteiger partial charge in [0.2, 0.25) is 0 Å². The summed E-state index contributed by atoms with van der Waals surface area (Å²) >= 11 is 0. The van der Waals surface area contributed by atoms with Crippen LogP contribution in [-0.4, -0.2) is 51.7 Å². The lowest BCUT2D eigenvalue weighted by molar-refractivity contribution is 0.136. The molecule has 2 aromatic heterocycles. The van der Waals surface area contributed by atoms with E-state index in [2.05, 4.69) is 20.9 Å². The lowest BCUT2D eigenvalue weighted by Crippen LogP contribution is -2.53. The summed E-state index contributed by atoms with van der Waals surface area (Å²) in [4.78, 5) is 22.1. The van der Waals surface area contributed by atoms with Crippen LogP contribution in [0.25, 0.3) is 11.0 Å². The van der Waals surface area contributed by atoms with Crippen LogP contribution in [0.5, 0.6) is 11.5 Å². The average Bonchev–Trinajstić information content (AvgIpc) is 3.15. The largest absolute Gasteiger partial charge is 0.465 e. The number of pyridine rings is 1. The maximum Gasteiger partial charge on any atom is 0.407 e. The highest BCUT2D eigenvalue weighted by atomic mass is 16.5. The molecule has 142 valence electrons. The van der Waals surface area contributed by atoms with E-state index in [1.807, 2.05) is 31.2 Å². The third-order valence-corrected chi connectivity index (χ3v) is 4.92. The molecular weight excluding hydrogens is 358 g/mol. The van der Waals surface area contributed by atoms with Gasteiger partial charge in [-0.1, -0.05) is 0 Å². The number of aromatic nitrogens is 2. The number of benzene rings is 1. The van der Waals surface area contributed by atoms with Crippen molar-refractivity contribution in [3.05, 3.63) is 48.3 Å². The molecule has 1 aliphatic rings. The summed E-state index contributed by atoms with van der Waals surface area (Å²) in [6, 6.07) is 11.4. The van der Waals surface area contributed by atoms with Gasteiger partial charge in [-0.2, -0.15) is 5.26 Å². The van der Waals surface area contributed by atoms with Crippen LogP contribution in [0, 0.1) is 11.3 Å². The second-order valence-electron chi connectivity index (χ2n) is 6.75. The van der Waals surface area contributed by atoms with Gasteiger partial charge in [0.05, 0.1) is 11.8 Å². The predicted octanol–water partition coefficient (Wildman–Crippen LogP) is 3.42. The zero-order valence-corrected chi connectivity index (χ0v) is 15.3. The van der Waals surface area contributed by atoms with Gasteiger partial charge in [-0.3, -0.25) is 0 Å². The highest BCUT2D eigenvalue weighted by Gasteiger charge is 2.27. The zero-order chi connectivity index (χ0) is 19.7. The Morgan fingerprint density at radius 3 is 2.96 bits per heavy atom. The van der Waals surface area contributed by atoms with Gasteiger partial charge in [0.25, 0.3) is 0 Å². The minimum Gasteiger partial charge on any atom is -0.465 e. The Labute approximate surface area is 161 Å². The van der Waals surface area contributed by atoms with E-state index in [-0.39, 0.29) is 6.04 Å². The Balaban J connectivity index is 1.61. The van der Waals surface area contributed by atoms with Crippen molar-refractivity contribution in [2.75, 3.05) is 24.5 Å². The number of aromatic amines is 1. The lowest BCUT2D eigenvalue weighted by atomic mass is 10.1. The van der Waals surface area contributed by atoms with Gasteiger partial charge in [-0.05, 0) is 31.2 Å². The van der Waals surface area contributed by atoms with E-state index in [0.29, 0.717) is 36.7 Å². The number of nitrogens with one attached hydrogen (secondary N) is 1. The van der Waals surface area contributed by atoms with E-state index in [9.17, 15) is 15.2 Å². The summed E-state index contributed by atoms with van der Waals surface area (Å²) in [6.07, 6.45) is 2.52. The fourth-order valence-electron chi connectivity index (χ4n) is 3.48. The molecule has 4 rings (SSSR count). The summed E-state index contributed by atoms with van der Waals surface area (Å²) in [5, 5.41) is 19.6. The molecule has 0 aliphatic carbocycles. The molecule has 0 radical (unpaired) electrons. The Hall–Kier alpha value is -3.73. The molecule has 1 fully saturated rings. The molecule has 1 aliphatic heterocycles. The monoisotopic (exact) mass is 377 g/mol. The number of anilines is 1. The maximum atomic E-state index is 11.2. The van der Waals surface area contributed by atoms with Crippen LogP contribution in [0.4, 0.5) is 10.5 Å². The van der Waals surface area contributed by atoms with Crippen molar-refractivity contribution in [1.82, 2.24) is 14.9 Å². The van der Waals surface area contributed by atoms with Crippen LogP contribution >= 0.6 is 0 Å². The second-order valence-corrected chi connectivity index (χ2v) is 6.75. The van der Waals surface area contributed by atoms with Crippen molar-refractivity contribution in [3.63, 3.8) is 0 Å². The molecule has 1 amide bonds. The van der Waals surface area contributed by atoms with Gasteiger partial charge in [0.1, 0.15) is 23.2 Å². The van der Waals surface area contributed by atoms with Gasteiger partial charge < -0.3 is 24.6 Å². The SMILES string of the molecule is CC1CN(C(=O)O)CCN1c1ccc(C#N)c(Oc2cnc3[nH]ccc3c2)c1. The third-order valence-electron chi connectivity index (χ3n) is 4.92. The van der Waals surface area contributed by atoms with Crippen LogP contribution in [-0.2, 0) is 0 Å². The molecule has 8 nitrogen and oxygen atoms in total. The number of carbonyl (C=O) groups is 1. The minimum atomic E-state index is -0.900. The first kappa shape index (κ1) is 17.7. The quantitative estimate of drug-likeness (QED) is 0.724. The molecule has 0 saturated carbocycles. The Morgan fingerprint density at radius 2 is 2.21 bits per heavy atom. The number of hydrogen-bond acceptors (Lipinski definition) is 5. The number of amides is 1. The Bertz CT molecular complexity index is 1070. The summed E-state index contributed by atoms with van der Waals surface area (Å²) in [5.74, 6) is 0.994. The molecular formula is C20H19N5O3. The van der Waals surface area contributed by atoms with Gasteiger partial charge in [0.15, 0.2) is 0 Å². The highest BCUT2D eigenvalue weighted by Crippen LogP contribution is 2.32. The van der Waals surface area contributed by atoms with E-state index in [4.69, 9.17) is 4.74 Å². The number of piperazine rings is 1. The van der Waals surface area contributed by atoms with Crippen molar-refractivity contribution in [2.45, 2.75) is 13.0 Å². The Morgan fingerprint density at radius 1 is 1.36 bits per heavy atom. The van der Waals surface area contributed by atoms with Crippen molar-refractivity contribution in [2.24, 2.45) is 0 Å². The molecule has 0 spiro atoms. The molecule has 1 atom stereocenters. The minimum absolute atomic E-state index is 0.0171. The summed E-state index contributed by atoms with van der Waals surface area (Å²) < 4.78 is 5.97. The fourth-order valence-corrected chi connectivity index (χ4v) is 3.48. The van der Waals surface area contributed by atoms with Crippen molar-refractivity contribution >= 4 is 22.8 Å². The smallest absolute Gasteiger partial charge is 0.407 e. The van der Waals surface area contributed by atoms with E-state index in [1.54, 1.807) is 18.5 Å². The van der Waals surface area contributed by atoms with E-state index in [0.717, 1.165) is 16.7 Å². The maximum absolute atomic E-state index is 11.2. The number of H-pyrrole nitrogens is 1. The van der Waals surface area contributed by atoms with E-state index in [1.165, 1.54) is 4.90 Å². The van der Waals surface area contributed by atoms with Crippen LogP contribution in [0.3, 0.4) is 0 Å². The molecule has 1 unspecified atom stereocenters. The second kappa shape index (κ2) is 7.12. The lowest BCUT2D eigenvalue weighted by Gasteiger charge is -2.40. The topological polar surface area (TPSA) is 105 Å². The normalized spacial score (nSPS) is 16.8. The molecule has 1 aromatic carbocycles. The molecule has 3 aromatic rings. The van der Waals surface area contributed by atoms with Gasteiger partial charge in [0, 0.05) is 49.0 Å². The van der Waals surface area contributed by atoms with Gasteiger partial charge in [-0.15, -0.1) is 0 Å². The van der Waals surface area contributed by atoms with Crippen molar-refractivity contribution < 1.29 is 14.6 Å². The summed E-state index contributed by atoms with van der Waals surface area (Å²) in [5.41, 5.74) is 2.09. The van der Waals surface area contributed by atoms with Crippen LogP contribution in [0.2, 0.25) is 0 Å². The predicted molar refractivity (Wildman–Crippen MR) is 104 cm³/mol. The number of carboxylic acid groups (broad SMARTS) is 1. The molecule has 8 heteroatoms. The number of hydrogen-bond donors (Lipinski definition) is 2. The first-order chi connectivity index (χ1) is 13.5. The molecule has 0 bridgehead atoms. The van der Waals surface area contributed by atoms with Gasteiger partial charge >= 0.3 is 6.09 Å². The number of nitrogens with zero attached hydrogens (tertiary/aromatic N) is 4. The zero-order valence-electron chi connectivity index (χ0n) is 15.3. The van der Waals surface area contributed by atoms with E-state index >= 15 is 0 Å². The van der Waals surface area contributed by atoms with E-state index < -0.39 is 6.09 Å². The number of fused-ring (bicyclic) bond motifs is 1. The molecule has 28 heavy (non-hydrogen) atoms. The van der Waals surface area contributed by atoms with Crippen molar-refractivity contribution in [3.8, 4) is 17.6 Å². The Kier molecular flexibility index (Phi) is 4.49. The number of rotatable bonds is 3. The van der Waals surface area contributed by atoms with Crippen LogP contribution in [0.15, 0.2) is 42.7 Å². The van der Waals surface area contributed by atoms with Crippen LogP contribution < -0.4 is 9.64 Å². The van der Waals surface area contributed by atoms with Gasteiger partial charge in [-0.25, -0.2) is 9.78 Å². The highest BCUT2D eigenvalue weighted by molar-refractivity contribution is 5.76. The van der Waals surface area contributed by atoms with Crippen LogP contribution in [0.1, 0.15) is 12.5 Å². The number of ether oxygens (including phenoxy) is 1. The first-order valence-electron chi connectivity index (χ1n) is 8.95. The molecule has 1 saturated heterocycles. The fraction of sp³-hybridized carbons (Fsp3) is 0.250. The summed E-state index contributed by atoms with van der Waals surface area (Å²) in [6.45, 7) is 3.43. The standard InChI is InChI=1S/C20H19N5O3/c1-13-12-24(20(26)27)6-7-25(13)16-3-2-15(10-21)18(9-16)28-17-8-14-4-5-22-19(14)23-11-17/h2-5,8-9,11,13H,6-7,12H2,1H3,(H,22,23)(H,26,27). The van der Waals surface area contributed by atoms with Crippen molar-refractivity contribution in [1.29, 1.82) is 5.26 Å². The molecule has 3 heterocycles. The third kappa shape index (κ3) is 3.30. The number of nitriles is 1. The summed E-state index contributed by atoms with van der Waals surface area (Å²) in [7, 11) is 0. The average molecular weight is 377 g/mol.